The van der Waals surface area contributed by atoms with Gasteiger partial charge in [-0.25, -0.2) is 4.57 Å². The third kappa shape index (κ3) is 22.0. The molecule has 1 atom stereocenters. The first-order valence-electron chi connectivity index (χ1n) is 11.8. The number of rotatable bonds is 21. The molecule has 8 nitrogen and oxygen atoms in total. The van der Waals surface area contributed by atoms with Crippen molar-refractivity contribution in [3.8, 4) is 0 Å². The highest BCUT2D eigenvalue weighted by molar-refractivity contribution is 7.46. The summed E-state index contributed by atoms with van der Waals surface area (Å²) in [5.74, 6) is -0.927. The minimum Gasteiger partial charge on any atom is -0.462 e. The lowest BCUT2D eigenvalue weighted by molar-refractivity contribution is -0.161. The van der Waals surface area contributed by atoms with Gasteiger partial charge in [0.05, 0.1) is 6.61 Å². The number of hydrogen-bond acceptors (Lipinski definition) is 6. The van der Waals surface area contributed by atoms with Gasteiger partial charge in [0.1, 0.15) is 6.61 Å². The monoisotopic (exact) mass is 466 g/mol. The van der Waals surface area contributed by atoms with Gasteiger partial charge in [-0.15, -0.1) is 0 Å². The highest BCUT2D eigenvalue weighted by Crippen LogP contribution is 2.35. The van der Waals surface area contributed by atoms with E-state index < -0.39 is 32.5 Å². The lowest BCUT2D eigenvalue weighted by Crippen LogP contribution is -2.29. The first-order chi connectivity index (χ1) is 14.8. The fourth-order valence-corrected chi connectivity index (χ4v) is 3.41. The summed E-state index contributed by atoms with van der Waals surface area (Å²) in [5.41, 5.74) is 0. The molecule has 0 amide bonds. The van der Waals surface area contributed by atoms with E-state index in [1.807, 2.05) is 6.92 Å². The van der Waals surface area contributed by atoms with Crippen LogP contribution in [0.1, 0.15) is 110 Å². The van der Waals surface area contributed by atoms with Crippen LogP contribution in [0.3, 0.4) is 0 Å². The molecule has 0 aliphatic heterocycles. The van der Waals surface area contributed by atoms with Crippen molar-refractivity contribution in [1.29, 1.82) is 0 Å². The number of phosphoric acid groups is 1. The first-order valence-corrected chi connectivity index (χ1v) is 13.4. The molecule has 0 rings (SSSR count). The number of phosphoric ester groups is 1. The van der Waals surface area contributed by atoms with Gasteiger partial charge in [-0.2, -0.15) is 0 Å². The third-order valence-corrected chi connectivity index (χ3v) is 5.36. The van der Waals surface area contributed by atoms with Crippen LogP contribution in [-0.4, -0.2) is 41.0 Å². The Kier molecular flexibility index (Phi) is 19.1. The predicted octanol–water partition coefficient (Wildman–Crippen LogP) is 5.44. The molecule has 0 heterocycles. The van der Waals surface area contributed by atoms with E-state index in [4.69, 9.17) is 19.3 Å². The van der Waals surface area contributed by atoms with Crippen molar-refractivity contribution in [2.75, 3.05) is 13.2 Å². The smallest absolute Gasteiger partial charge is 0.462 e. The second-order valence-corrected chi connectivity index (χ2v) is 9.21. The molecular weight excluding hydrogens is 423 g/mol. The second-order valence-electron chi connectivity index (χ2n) is 7.97. The Morgan fingerprint density at radius 2 is 1.19 bits per heavy atom. The maximum Gasteiger partial charge on any atom is 0.469 e. The van der Waals surface area contributed by atoms with Gasteiger partial charge < -0.3 is 19.3 Å². The zero-order chi connectivity index (χ0) is 23.4. The van der Waals surface area contributed by atoms with Crippen molar-refractivity contribution in [3.05, 3.63) is 0 Å². The fourth-order valence-electron chi connectivity index (χ4n) is 3.05. The summed E-state index contributed by atoms with van der Waals surface area (Å²) < 4.78 is 25.6. The summed E-state index contributed by atoms with van der Waals surface area (Å²) in [4.78, 5) is 41.4. The van der Waals surface area contributed by atoms with Crippen LogP contribution in [0.15, 0.2) is 0 Å². The zero-order valence-corrected chi connectivity index (χ0v) is 20.3. The van der Waals surface area contributed by atoms with Crippen LogP contribution in [0.2, 0.25) is 0 Å². The van der Waals surface area contributed by atoms with E-state index in [1.54, 1.807) is 0 Å². The molecule has 0 saturated heterocycles. The van der Waals surface area contributed by atoms with Crippen LogP contribution in [-0.2, 0) is 28.2 Å². The van der Waals surface area contributed by atoms with Crippen LogP contribution < -0.4 is 0 Å². The summed E-state index contributed by atoms with van der Waals surface area (Å²) in [6.07, 6.45) is 13.8. The largest absolute Gasteiger partial charge is 0.469 e. The van der Waals surface area contributed by atoms with E-state index in [9.17, 15) is 14.2 Å². The Morgan fingerprint density at radius 3 is 1.71 bits per heavy atom. The number of carbonyl (C=O) groups is 2. The van der Waals surface area contributed by atoms with Gasteiger partial charge in [0, 0.05) is 12.8 Å². The molecule has 0 aromatic carbocycles. The number of esters is 2. The van der Waals surface area contributed by atoms with Gasteiger partial charge in [-0.05, 0) is 12.8 Å². The minimum absolute atomic E-state index is 0.215. The second kappa shape index (κ2) is 19.7. The predicted molar refractivity (Wildman–Crippen MR) is 119 cm³/mol. The Hall–Kier alpha value is -0.950. The van der Waals surface area contributed by atoms with E-state index in [1.165, 1.54) is 44.9 Å². The lowest BCUT2D eigenvalue weighted by atomic mass is 10.1. The fraction of sp³-hybridized carbons (Fsp3) is 0.909. The van der Waals surface area contributed by atoms with E-state index >= 15 is 0 Å². The topological polar surface area (TPSA) is 119 Å². The van der Waals surface area contributed by atoms with Gasteiger partial charge >= 0.3 is 19.8 Å². The van der Waals surface area contributed by atoms with Gasteiger partial charge in [-0.1, -0.05) is 84.5 Å². The molecule has 0 radical (unpaired) electrons. The molecule has 0 saturated carbocycles. The van der Waals surface area contributed by atoms with E-state index in [-0.39, 0.29) is 19.4 Å². The molecule has 0 bridgehead atoms. The Morgan fingerprint density at radius 1 is 0.710 bits per heavy atom. The molecule has 0 aliphatic carbocycles. The number of carbonyl (C=O) groups excluding carboxylic acids is 2. The first kappa shape index (κ1) is 30.0. The van der Waals surface area contributed by atoms with Crippen LogP contribution in [0.5, 0.6) is 0 Å². The van der Waals surface area contributed by atoms with Gasteiger partial charge in [0.25, 0.3) is 0 Å². The van der Waals surface area contributed by atoms with Gasteiger partial charge in [0.15, 0.2) is 6.10 Å². The van der Waals surface area contributed by atoms with Gasteiger partial charge in [-0.3, -0.25) is 14.1 Å². The molecule has 0 aliphatic rings. The molecule has 0 fully saturated rings. The van der Waals surface area contributed by atoms with Crippen molar-refractivity contribution in [2.45, 2.75) is 116 Å². The molecule has 184 valence electrons. The standard InChI is InChI=1S/C22H43O8P/c1-3-5-7-8-9-10-11-12-13-14-15-17-22(24)30-20(19-29-31(25,26)27)18-28-21(23)16-6-4-2/h20H,3-19H2,1-2H3,(H2,25,26,27). The summed E-state index contributed by atoms with van der Waals surface area (Å²) in [6.45, 7) is 3.34. The summed E-state index contributed by atoms with van der Waals surface area (Å²) in [7, 11) is -4.71. The molecular formula is C22H43O8P. The Bertz CT molecular complexity index is 506. The van der Waals surface area contributed by atoms with Crippen LogP contribution in [0.25, 0.3) is 0 Å². The van der Waals surface area contributed by atoms with Crippen molar-refractivity contribution < 1.29 is 37.9 Å². The number of hydrogen-bond donors (Lipinski definition) is 2. The van der Waals surface area contributed by atoms with E-state index in [0.717, 1.165) is 25.7 Å². The molecule has 0 aromatic heterocycles. The Labute approximate surface area is 187 Å². The quantitative estimate of drug-likeness (QED) is 0.130. The van der Waals surface area contributed by atoms with E-state index in [2.05, 4.69) is 11.4 Å². The van der Waals surface area contributed by atoms with Crippen molar-refractivity contribution in [3.63, 3.8) is 0 Å². The summed E-state index contributed by atoms with van der Waals surface area (Å²) >= 11 is 0. The maximum absolute atomic E-state index is 12.0. The highest BCUT2D eigenvalue weighted by Gasteiger charge is 2.22. The van der Waals surface area contributed by atoms with Gasteiger partial charge in [0.2, 0.25) is 0 Å². The molecule has 1 unspecified atom stereocenters. The molecule has 9 heteroatoms. The third-order valence-electron chi connectivity index (χ3n) is 4.88. The summed E-state index contributed by atoms with van der Waals surface area (Å²) in [6, 6.07) is 0. The average molecular weight is 467 g/mol. The summed E-state index contributed by atoms with van der Waals surface area (Å²) in [5, 5.41) is 0. The van der Waals surface area contributed by atoms with Crippen molar-refractivity contribution in [2.24, 2.45) is 0 Å². The number of ether oxygens (including phenoxy) is 2. The average Bonchev–Trinajstić information content (AvgIpc) is 2.71. The van der Waals surface area contributed by atoms with E-state index in [0.29, 0.717) is 12.8 Å². The lowest BCUT2D eigenvalue weighted by Gasteiger charge is -2.18. The molecule has 31 heavy (non-hydrogen) atoms. The SMILES string of the molecule is CCCCCCCCCCCCCC(=O)OC(COC(=O)CCCC)COP(=O)(O)O. The van der Waals surface area contributed by atoms with Crippen LogP contribution in [0, 0.1) is 0 Å². The molecule has 2 N–H and O–H groups in total. The maximum atomic E-state index is 12.0. The Balaban J connectivity index is 4.01. The minimum atomic E-state index is -4.71. The van der Waals surface area contributed by atoms with Crippen molar-refractivity contribution >= 4 is 19.8 Å². The van der Waals surface area contributed by atoms with Crippen LogP contribution >= 0.6 is 7.82 Å². The zero-order valence-electron chi connectivity index (χ0n) is 19.4. The normalized spacial score (nSPS) is 12.5. The molecule has 0 spiro atoms. The molecule has 0 aromatic rings. The highest BCUT2D eigenvalue weighted by atomic mass is 31.2. The van der Waals surface area contributed by atoms with Crippen molar-refractivity contribution in [1.82, 2.24) is 0 Å². The number of unbranched alkanes of at least 4 members (excludes halogenated alkanes) is 11. The van der Waals surface area contributed by atoms with Crippen LogP contribution in [0.4, 0.5) is 0 Å².